The van der Waals surface area contributed by atoms with Gasteiger partial charge in [0, 0.05) is 11.8 Å². The van der Waals surface area contributed by atoms with Gasteiger partial charge < -0.3 is 4.42 Å². The minimum absolute atomic E-state index is 0.0938. The highest BCUT2D eigenvalue weighted by Gasteiger charge is 2.15. The average Bonchev–Trinajstić information content (AvgIpc) is 2.74. The predicted octanol–water partition coefficient (Wildman–Crippen LogP) is 3.18. The molecule has 0 saturated carbocycles. The number of benzene rings is 1. The Labute approximate surface area is 119 Å². The maximum atomic E-state index is 11.2. The molecule has 0 aliphatic rings. The Bertz CT molecular complexity index is 691. The molecule has 0 aliphatic heterocycles. The lowest BCUT2D eigenvalue weighted by Crippen LogP contribution is -2.10. The maximum absolute atomic E-state index is 11.2. The molecule has 0 aliphatic carbocycles. The van der Waals surface area contributed by atoms with Crippen LogP contribution in [0.25, 0.3) is 11.5 Å². The van der Waals surface area contributed by atoms with E-state index < -0.39 is 9.84 Å². The number of oxazole rings is 1. The van der Waals surface area contributed by atoms with Crippen molar-refractivity contribution in [2.75, 3.05) is 6.26 Å². The molecule has 1 aromatic heterocycles. The van der Waals surface area contributed by atoms with E-state index in [4.69, 9.17) is 4.42 Å². The van der Waals surface area contributed by atoms with E-state index in [1.165, 1.54) is 18.0 Å². The van der Waals surface area contributed by atoms with E-state index in [9.17, 15) is 8.42 Å². The first kappa shape index (κ1) is 14.8. The van der Waals surface area contributed by atoms with Crippen LogP contribution in [0.5, 0.6) is 0 Å². The summed E-state index contributed by atoms with van der Waals surface area (Å²) in [5.74, 6) is 0.687. The predicted molar refractivity (Wildman–Crippen MR) is 79.2 cm³/mol. The summed E-state index contributed by atoms with van der Waals surface area (Å²) >= 11 is 0. The Hall–Kier alpha value is -1.62. The van der Waals surface area contributed by atoms with Crippen LogP contribution in [0.15, 0.2) is 34.9 Å². The van der Waals surface area contributed by atoms with E-state index in [1.54, 1.807) is 0 Å². The zero-order valence-corrected chi connectivity index (χ0v) is 13.0. The number of nitrogens with zero attached hydrogens (tertiary/aromatic N) is 1. The van der Waals surface area contributed by atoms with Crippen LogP contribution in [0.2, 0.25) is 0 Å². The fraction of sp³-hybridized carbons (Fsp3) is 0.400. The number of rotatable bonds is 3. The molecular weight excluding hydrogens is 274 g/mol. The first-order valence-electron chi connectivity index (χ1n) is 6.38. The molecule has 0 unspecified atom stereocenters. The fourth-order valence-corrected chi connectivity index (χ4v) is 2.53. The van der Waals surface area contributed by atoms with Gasteiger partial charge in [0.2, 0.25) is 5.89 Å². The van der Waals surface area contributed by atoms with Gasteiger partial charge in [0.1, 0.15) is 11.5 Å². The third-order valence-corrected chi connectivity index (χ3v) is 3.76. The molecule has 0 bridgehead atoms. The second-order valence-electron chi connectivity index (χ2n) is 6.03. The van der Waals surface area contributed by atoms with Gasteiger partial charge in [0.05, 0.1) is 6.20 Å². The molecule has 2 rings (SSSR count). The van der Waals surface area contributed by atoms with Gasteiger partial charge in [-0.1, -0.05) is 32.9 Å². The van der Waals surface area contributed by atoms with Crippen LogP contribution in [0.3, 0.4) is 0 Å². The number of aromatic nitrogens is 1. The lowest BCUT2D eigenvalue weighted by Gasteiger charge is -2.18. The van der Waals surface area contributed by atoms with Gasteiger partial charge in [-0.05, 0) is 23.1 Å². The van der Waals surface area contributed by atoms with Crippen LogP contribution >= 0.6 is 0 Å². The molecule has 2 aromatic rings. The lowest BCUT2D eigenvalue weighted by atomic mass is 9.87. The molecule has 1 aromatic carbocycles. The van der Waals surface area contributed by atoms with Crippen LogP contribution < -0.4 is 0 Å². The molecule has 4 nitrogen and oxygen atoms in total. The molecule has 0 fully saturated rings. The molecule has 0 radical (unpaired) electrons. The first-order valence-corrected chi connectivity index (χ1v) is 8.44. The van der Waals surface area contributed by atoms with Crippen molar-refractivity contribution >= 4 is 9.84 Å². The van der Waals surface area contributed by atoms with Gasteiger partial charge in [-0.25, -0.2) is 13.4 Å². The van der Waals surface area contributed by atoms with Crippen molar-refractivity contribution in [1.82, 2.24) is 4.98 Å². The van der Waals surface area contributed by atoms with Gasteiger partial charge in [-0.3, -0.25) is 0 Å². The molecule has 0 N–H and O–H groups in total. The molecule has 5 heteroatoms. The minimum Gasteiger partial charge on any atom is -0.440 e. The van der Waals surface area contributed by atoms with Crippen molar-refractivity contribution in [3.05, 3.63) is 41.8 Å². The molecule has 108 valence electrons. The average molecular weight is 293 g/mol. The Kier molecular flexibility index (Phi) is 3.73. The number of sulfone groups is 1. The summed E-state index contributed by atoms with van der Waals surface area (Å²) in [6, 6.07) is 7.96. The summed E-state index contributed by atoms with van der Waals surface area (Å²) in [5, 5.41) is 0. The van der Waals surface area contributed by atoms with Crippen molar-refractivity contribution < 1.29 is 12.8 Å². The summed E-state index contributed by atoms with van der Waals surface area (Å²) in [4.78, 5) is 4.13. The van der Waals surface area contributed by atoms with Crippen molar-refractivity contribution in [3.8, 4) is 11.5 Å². The standard InChI is InChI=1S/C15H19NO3S/c1-15(2,3)12-7-5-11(6-8-12)14-16-9-13(19-14)10-20(4,17)18/h5-9H,10H2,1-4H3. The van der Waals surface area contributed by atoms with Gasteiger partial charge in [-0.2, -0.15) is 0 Å². The quantitative estimate of drug-likeness (QED) is 0.872. The Morgan fingerprint density at radius 2 is 1.75 bits per heavy atom. The van der Waals surface area contributed by atoms with E-state index in [-0.39, 0.29) is 11.2 Å². The van der Waals surface area contributed by atoms with Crippen molar-refractivity contribution in [3.63, 3.8) is 0 Å². The van der Waals surface area contributed by atoms with E-state index in [0.29, 0.717) is 11.7 Å². The monoisotopic (exact) mass is 293 g/mol. The molecule has 0 saturated heterocycles. The van der Waals surface area contributed by atoms with E-state index in [0.717, 1.165) is 5.56 Å². The number of hydrogen-bond acceptors (Lipinski definition) is 4. The molecule has 1 heterocycles. The lowest BCUT2D eigenvalue weighted by molar-refractivity contribution is 0.529. The summed E-state index contributed by atoms with van der Waals surface area (Å²) in [5.41, 5.74) is 2.17. The first-order chi connectivity index (χ1) is 9.15. The molecular formula is C15H19NO3S. The van der Waals surface area contributed by atoms with Crippen LogP contribution in [0, 0.1) is 0 Å². The second-order valence-corrected chi connectivity index (χ2v) is 8.17. The van der Waals surface area contributed by atoms with E-state index >= 15 is 0 Å². The van der Waals surface area contributed by atoms with Crippen LogP contribution in [0.4, 0.5) is 0 Å². The van der Waals surface area contributed by atoms with Crippen LogP contribution in [-0.4, -0.2) is 19.7 Å². The SMILES string of the molecule is CC(C)(C)c1ccc(-c2ncc(CS(C)(=O)=O)o2)cc1. The molecule has 0 atom stereocenters. The number of hydrogen-bond donors (Lipinski definition) is 0. The van der Waals surface area contributed by atoms with Crippen molar-refractivity contribution in [2.24, 2.45) is 0 Å². The molecule has 0 spiro atoms. The zero-order chi connectivity index (χ0) is 15.0. The Balaban J connectivity index is 2.25. The van der Waals surface area contributed by atoms with Crippen molar-refractivity contribution in [1.29, 1.82) is 0 Å². The summed E-state index contributed by atoms with van der Waals surface area (Å²) in [6.45, 7) is 6.45. The summed E-state index contributed by atoms with van der Waals surface area (Å²) < 4.78 is 27.9. The van der Waals surface area contributed by atoms with Crippen LogP contribution in [0.1, 0.15) is 32.1 Å². The fourth-order valence-electron chi connectivity index (χ4n) is 1.88. The topological polar surface area (TPSA) is 60.2 Å². The highest BCUT2D eigenvalue weighted by atomic mass is 32.2. The largest absolute Gasteiger partial charge is 0.440 e. The Morgan fingerprint density at radius 3 is 2.25 bits per heavy atom. The second kappa shape index (κ2) is 5.05. The molecule has 20 heavy (non-hydrogen) atoms. The van der Waals surface area contributed by atoms with E-state index in [1.807, 2.05) is 24.3 Å². The molecule has 0 amide bonds. The van der Waals surface area contributed by atoms with Gasteiger partial charge in [0.25, 0.3) is 0 Å². The normalized spacial score (nSPS) is 12.6. The maximum Gasteiger partial charge on any atom is 0.226 e. The minimum atomic E-state index is -3.11. The third-order valence-electron chi connectivity index (χ3n) is 2.96. The van der Waals surface area contributed by atoms with Crippen LogP contribution in [-0.2, 0) is 21.0 Å². The van der Waals surface area contributed by atoms with Gasteiger partial charge in [0.15, 0.2) is 9.84 Å². The highest BCUT2D eigenvalue weighted by molar-refractivity contribution is 7.89. The Morgan fingerprint density at radius 1 is 1.15 bits per heavy atom. The van der Waals surface area contributed by atoms with Gasteiger partial charge >= 0.3 is 0 Å². The summed E-state index contributed by atoms with van der Waals surface area (Å²) in [7, 11) is -3.11. The van der Waals surface area contributed by atoms with Gasteiger partial charge in [-0.15, -0.1) is 0 Å². The zero-order valence-electron chi connectivity index (χ0n) is 12.2. The van der Waals surface area contributed by atoms with Crippen molar-refractivity contribution in [2.45, 2.75) is 31.9 Å². The third kappa shape index (κ3) is 3.70. The van der Waals surface area contributed by atoms with E-state index in [2.05, 4.69) is 25.8 Å². The summed E-state index contributed by atoms with van der Waals surface area (Å²) in [6.07, 6.45) is 2.64. The smallest absolute Gasteiger partial charge is 0.226 e. The highest BCUT2D eigenvalue weighted by Crippen LogP contribution is 2.26.